The molecule has 2 N–H and O–H groups in total. The summed E-state index contributed by atoms with van der Waals surface area (Å²) in [7, 11) is 0. The third-order valence-corrected chi connectivity index (χ3v) is 3.13. The molecule has 0 spiro atoms. The topological polar surface area (TPSA) is 70.7 Å². The fourth-order valence-electron chi connectivity index (χ4n) is 1.27. The molecule has 1 aromatic heterocycles. The number of nitrogens with one attached hydrogen (secondary N) is 2. The zero-order valence-corrected chi connectivity index (χ0v) is 10.8. The van der Waals surface area contributed by atoms with Gasteiger partial charge in [-0.25, -0.2) is 0 Å². The molecule has 0 aliphatic rings. The number of carbonyl (C=O) groups excluding carboxylic acids is 1. The van der Waals surface area contributed by atoms with Gasteiger partial charge in [0, 0.05) is 4.90 Å². The number of carbonyl (C=O) groups is 1. The quantitative estimate of drug-likeness (QED) is 0.852. The molecule has 0 atom stereocenters. The standard InChI is InChI=1S/C11H9F3N4OS/c12-11(13,14)9-16-10(18-17-9)15-8(19)6-20-7-4-2-1-3-5-7/h1-5H,6H2,(H2,15,16,17,18,19). The van der Waals surface area contributed by atoms with Gasteiger partial charge in [0.2, 0.25) is 17.7 Å². The molecule has 0 bridgehead atoms. The number of hydrogen-bond donors (Lipinski definition) is 2. The van der Waals surface area contributed by atoms with Crippen molar-refractivity contribution in [1.29, 1.82) is 0 Å². The number of aromatic amines is 1. The van der Waals surface area contributed by atoms with Crippen LogP contribution < -0.4 is 5.32 Å². The van der Waals surface area contributed by atoms with E-state index in [2.05, 4.69) is 15.4 Å². The summed E-state index contributed by atoms with van der Waals surface area (Å²) in [5.74, 6) is -2.06. The largest absolute Gasteiger partial charge is 0.451 e. The maximum Gasteiger partial charge on any atom is 0.451 e. The zero-order valence-electron chi connectivity index (χ0n) is 9.94. The number of alkyl halides is 3. The Labute approximate surface area is 116 Å². The average molecular weight is 302 g/mol. The summed E-state index contributed by atoms with van der Waals surface area (Å²) in [6.07, 6.45) is -4.62. The van der Waals surface area contributed by atoms with Gasteiger partial charge >= 0.3 is 6.18 Å². The van der Waals surface area contributed by atoms with Crippen LogP contribution in [0.25, 0.3) is 0 Å². The Balaban J connectivity index is 1.87. The summed E-state index contributed by atoms with van der Waals surface area (Å²) in [6.45, 7) is 0. The number of hydrogen-bond acceptors (Lipinski definition) is 4. The van der Waals surface area contributed by atoms with Crippen LogP contribution in [0.3, 0.4) is 0 Å². The highest BCUT2D eigenvalue weighted by Gasteiger charge is 2.35. The van der Waals surface area contributed by atoms with Gasteiger partial charge in [-0.15, -0.1) is 16.9 Å². The Morgan fingerprint density at radius 1 is 1.30 bits per heavy atom. The lowest BCUT2D eigenvalue weighted by Crippen LogP contribution is -2.15. The molecule has 2 rings (SSSR count). The van der Waals surface area contributed by atoms with E-state index in [9.17, 15) is 18.0 Å². The maximum absolute atomic E-state index is 12.3. The maximum atomic E-state index is 12.3. The third-order valence-electron chi connectivity index (χ3n) is 2.12. The molecule has 2 aromatic rings. The summed E-state index contributed by atoms with van der Waals surface area (Å²) in [5.41, 5.74) is 0. The minimum atomic E-state index is -4.62. The molecule has 0 radical (unpaired) electrons. The van der Waals surface area contributed by atoms with Crippen LogP contribution in [0.4, 0.5) is 19.1 Å². The fraction of sp³-hybridized carbons (Fsp3) is 0.182. The van der Waals surface area contributed by atoms with Crippen molar-refractivity contribution in [3.8, 4) is 0 Å². The van der Waals surface area contributed by atoms with E-state index in [0.29, 0.717) is 0 Å². The predicted octanol–water partition coefficient (Wildman–Crippen LogP) is 2.55. The Morgan fingerprint density at radius 2 is 2.00 bits per heavy atom. The smallest absolute Gasteiger partial charge is 0.292 e. The van der Waals surface area contributed by atoms with Crippen molar-refractivity contribution >= 4 is 23.6 Å². The number of nitrogens with zero attached hydrogens (tertiary/aromatic N) is 2. The molecule has 106 valence electrons. The van der Waals surface area contributed by atoms with Gasteiger partial charge in [0.25, 0.3) is 0 Å². The molecule has 1 heterocycles. The molecule has 0 saturated carbocycles. The highest BCUT2D eigenvalue weighted by molar-refractivity contribution is 8.00. The lowest BCUT2D eigenvalue weighted by Gasteiger charge is -2.01. The molecule has 9 heteroatoms. The Hall–Kier alpha value is -2.03. The number of benzene rings is 1. The predicted molar refractivity (Wildman–Crippen MR) is 67.2 cm³/mol. The van der Waals surface area contributed by atoms with Gasteiger partial charge in [-0.3, -0.25) is 15.2 Å². The van der Waals surface area contributed by atoms with Crippen molar-refractivity contribution < 1.29 is 18.0 Å². The van der Waals surface area contributed by atoms with Gasteiger partial charge in [0.1, 0.15) is 0 Å². The van der Waals surface area contributed by atoms with Crippen molar-refractivity contribution in [2.45, 2.75) is 11.1 Å². The molecule has 1 amide bonds. The second-order valence-corrected chi connectivity index (χ2v) is 4.70. The molecule has 0 aliphatic carbocycles. The monoisotopic (exact) mass is 302 g/mol. The van der Waals surface area contributed by atoms with Gasteiger partial charge in [-0.1, -0.05) is 18.2 Å². The highest BCUT2D eigenvalue weighted by atomic mass is 32.2. The first-order valence-electron chi connectivity index (χ1n) is 5.42. The SMILES string of the molecule is O=C(CSc1ccccc1)Nc1n[nH]c(C(F)(F)F)n1. The molecule has 20 heavy (non-hydrogen) atoms. The van der Waals surface area contributed by atoms with E-state index in [1.165, 1.54) is 11.8 Å². The van der Waals surface area contributed by atoms with Crippen molar-refractivity contribution in [2.75, 3.05) is 11.1 Å². The van der Waals surface area contributed by atoms with Crippen LogP contribution in [0.2, 0.25) is 0 Å². The molecule has 1 aromatic carbocycles. The van der Waals surface area contributed by atoms with Crippen LogP contribution in [-0.4, -0.2) is 26.8 Å². The minimum absolute atomic E-state index is 0.0555. The molecule has 0 saturated heterocycles. The molecule has 0 aliphatic heterocycles. The number of anilines is 1. The highest BCUT2D eigenvalue weighted by Crippen LogP contribution is 2.26. The number of aromatic nitrogens is 3. The van der Waals surface area contributed by atoms with E-state index < -0.39 is 23.9 Å². The minimum Gasteiger partial charge on any atom is -0.292 e. The molecule has 0 unspecified atom stereocenters. The van der Waals surface area contributed by atoms with E-state index in [4.69, 9.17) is 0 Å². The van der Waals surface area contributed by atoms with Gasteiger partial charge in [0.15, 0.2) is 0 Å². The normalized spacial score (nSPS) is 11.3. The van der Waals surface area contributed by atoms with Crippen LogP contribution in [-0.2, 0) is 11.0 Å². The first-order valence-corrected chi connectivity index (χ1v) is 6.41. The lowest BCUT2D eigenvalue weighted by molar-refractivity contribution is -0.144. The Bertz CT molecular complexity index is 585. The number of H-pyrrole nitrogens is 1. The summed E-state index contributed by atoms with van der Waals surface area (Å²) >= 11 is 1.26. The van der Waals surface area contributed by atoms with Crippen LogP contribution in [0, 0.1) is 0 Å². The summed E-state index contributed by atoms with van der Waals surface area (Å²) in [5, 5.41) is 7.19. The van der Waals surface area contributed by atoms with Crippen molar-refractivity contribution in [1.82, 2.24) is 15.2 Å². The van der Waals surface area contributed by atoms with Crippen LogP contribution in [0.1, 0.15) is 5.82 Å². The number of halogens is 3. The fourth-order valence-corrected chi connectivity index (χ4v) is 1.99. The summed E-state index contributed by atoms with van der Waals surface area (Å²) < 4.78 is 36.8. The molecule has 5 nitrogen and oxygen atoms in total. The summed E-state index contributed by atoms with van der Waals surface area (Å²) in [4.78, 5) is 15.6. The second-order valence-electron chi connectivity index (χ2n) is 3.66. The number of rotatable bonds is 4. The van der Waals surface area contributed by atoms with E-state index in [-0.39, 0.29) is 5.75 Å². The van der Waals surface area contributed by atoms with E-state index in [1.807, 2.05) is 30.3 Å². The van der Waals surface area contributed by atoms with Crippen LogP contribution >= 0.6 is 11.8 Å². The van der Waals surface area contributed by atoms with Gasteiger partial charge in [-0.2, -0.15) is 18.2 Å². The third kappa shape index (κ3) is 3.98. The zero-order chi connectivity index (χ0) is 14.6. The van der Waals surface area contributed by atoms with Crippen LogP contribution in [0.15, 0.2) is 35.2 Å². The first-order chi connectivity index (χ1) is 9.45. The number of amides is 1. The Kier molecular flexibility index (Phi) is 4.28. The van der Waals surface area contributed by atoms with E-state index >= 15 is 0 Å². The first kappa shape index (κ1) is 14.4. The average Bonchev–Trinajstić information content (AvgIpc) is 2.86. The molecular weight excluding hydrogens is 293 g/mol. The second kappa shape index (κ2) is 5.95. The van der Waals surface area contributed by atoms with Gasteiger partial charge in [-0.05, 0) is 12.1 Å². The Morgan fingerprint density at radius 3 is 2.60 bits per heavy atom. The van der Waals surface area contributed by atoms with Crippen molar-refractivity contribution in [3.05, 3.63) is 36.2 Å². The van der Waals surface area contributed by atoms with Gasteiger partial charge < -0.3 is 0 Å². The lowest BCUT2D eigenvalue weighted by atomic mass is 10.4. The van der Waals surface area contributed by atoms with E-state index in [0.717, 1.165) is 4.90 Å². The molecule has 0 fully saturated rings. The van der Waals surface area contributed by atoms with Crippen molar-refractivity contribution in [2.24, 2.45) is 0 Å². The van der Waals surface area contributed by atoms with Crippen molar-refractivity contribution in [3.63, 3.8) is 0 Å². The molecular formula is C11H9F3N4OS. The van der Waals surface area contributed by atoms with Gasteiger partial charge in [0.05, 0.1) is 5.75 Å². The van der Waals surface area contributed by atoms with Crippen LogP contribution in [0.5, 0.6) is 0 Å². The van der Waals surface area contributed by atoms with E-state index in [1.54, 1.807) is 5.10 Å². The summed E-state index contributed by atoms with van der Waals surface area (Å²) in [6, 6.07) is 9.14. The number of thioether (sulfide) groups is 1.